The van der Waals surface area contributed by atoms with E-state index in [1.165, 1.54) is 0 Å². The number of carboxylic acid groups (broad SMARTS) is 1. The highest BCUT2D eigenvalue weighted by Gasteiger charge is 2.17. The summed E-state index contributed by atoms with van der Waals surface area (Å²) in [5.41, 5.74) is -0.745. The lowest BCUT2D eigenvalue weighted by atomic mass is 10.2. The molecule has 0 saturated carbocycles. The van der Waals surface area contributed by atoms with Crippen LogP contribution < -0.4 is 5.32 Å². The third kappa shape index (κ3) is 3.12. The van der Waals surface area contributed by atoms with Gasteiger partial charge in [-0.1, -0.05) is 23.4 Å². The zero-order valence-corrected chi connectivity index (χ0v) is 10.6. The number of hydrogen-bond acceptors (Lipinski definition) is 4. The van der Waals surface area contributed by atoms with Gasteiger partial charge in [-0.2, -0.15) is 5.26 Å². The molecule has 0 spiro atoms. The summed E-state index contributed by atoms with van der Waals surface area (Å²) < 4.78 is 13.7. The van der Waals surface area contributed by atoms with Crippen molar-refractivity contribution in [3.05, 3.63) is 28.5 Å². The number of rotatable bonds is 2. The first-order valence-electron chi connectivity index (χ1n) is 4.50. The molecule has 0 radical (unpaired) electrons. The molecule has 1 aromatic carbocycles. The van der Waals surface area contributed by atoms with Crippen molar-refractivity contribution in [2.45, 2.75) is 0 Å². The van der Waals surface area contributed by atoms with Crippen LogP contribution in [-0.2, 0) is 0 Å². The average Bonchev–Trinajstić information content (AvgIpc) is 2.33. The molecule has 0 aliphatic rings. The Morgan fingerprint density at radius 3 is 2.83 bits per heavy atom. The van der Waals surface area contributed by atoms with Crippen LogP contribution >= 0.6 is 23.4 Å². The molecule has 0 amide bonds. The monoisotopic (exact) mass is 287 g/mol. The highest BCUT2D eigenvalue weighted by atomic mass is 35.5. The van der Waals surface area contributed by atoms with E-state index in [0.717, 1.165) is 23.9 Å². The molecule has 0 aliphatic carbocycles. The quantitative estimate of drug-likeness (QED) is 0.378. The molecule has 0 fully saturated rings. The molecule has 0 saturated heterocycles. The van der Waals surface area contributed by atoms with Gasteiger partial charge < -0.3 is 5.11 Å². The number of benzene rings is 1. The number of carbonyl (C=O) groups is 1. The SMILES string of the molecule is CSC(=Nc1c(C(=O)O)ccc(Cl)c1F)NC#N. The van der Waals surface area contributed by atoms with Crippen LogP contribution in [0.25, 0.3) is 0 Å². The number of hydrogen-bond donors (Lipinski definition) is 2. The normalized spacial score (nSPS) is 10.9. The maximum absolute atomic E-state index is 13.7. The topological polar surface area (TPSA) is 85.5 Å². The van der Waals surface area contributed by atoms with Gasteiger partial charge in [0.2, 0.25) is 0 Å². The zero-order chi connectivity index (χ0) is 13.7. The number of carboxylic acids is 1. The van der Waals surface area contributed by atoms with E-state index in [1.54, 1.807) is 12.4 Å². The molecule has 1 aromatic rings. The van der Waals surface area contributed by atoms with E-state index in [-0.39, 0.29) is 15.8 Å². The summed E-state index contributed by atoms with van der Waals surface area (Å²) >= 11 is 6.60. The number of thioether (sulfide) groups is 1. The summed E-state index contributed by atoms with van der Waals surface area (Å²) in [5, 5.41) is 19.4. The minimum atomic E-state index is -1.33. The van der Waals surface area contributed by atoms with E-state index in [2.05, 4.69) is 10.3 Å². The molecule has 0 atom stereocenters. The van der Waals surface area contributed by atoms with Gasteiger partial charge in [-0.25, -0.2) is 14.2 Å². The molecule has 94 valence electrons. The van der Waals surface area contributed by atoms with Gasteiger partial charge in [-0.3, -0.25) is 5.32 Å². The molecule has 0 bridgehead atoms. The van der Waals surface area contributed by atoms with Gasteiger partial charge in [0, 0.05) is 0 Å². The van der Waals surface area contributed by atoms with Gasteiger partial charge in [0.25, 0.3) is 0 Å². The second-order valence-electron chi connectivity index (χ2n) is 2.92. The molecule has 0 heterocycles. The number of nitrogens with one attached hydrogen (secondary N) is 1. The Morgan fingerprint density at radius 1 is 1.67 bits per heavy atom. The summed E-state index contributed by atoms with van der Waals surface area (Å²) in [6.07, 6.45) is 3.22. The van der Waals surface area contributed by atoms with Crippen molar-refractivity contribution in [1.82, 2.24) is 5.32 Å². The van der Waals surface area contributed by atoms with E-state index in [9.17, 15) is 9.18 Å². The standard InChI is InChI=1S/C10H7ClFN3O2S/c1-18-10(14-4-13)15-8-5(9(16)17)2-3-6(11)7(8)12/h2-3H,1H3,(H,14,15)(H,16,17). The Balaban J connectivity index is 3.42. The van der Waals surface area contributed by atoms with Crippen molar-refractivity contribution >= 4 is 40.2 Å². The van der Waals surface area contributed by atoms with Crippen molar-refractivity contribution in [2.24, 2.45) is 4.99 Å². The van der Waals surface area contributed by atoms with Crippen molar-refractivity contribution in [3.63, 3.8) is 0 Å². The minimum Gasteiger partial charge on any atom is -0.478 e. The van der Waals surface area contributed by atoms with E-state index in [0.29, 0.717) is 0 Å². The Labute approximate surface area is 111 Å². The van der Waals surface area contributed by atoms with Crippen LogP contribution in [0.5, 0.6) is 0 Å². The number of halogens is 2. The van der Waals surface area contributed by atoms with Crippen molar-refractivity contribution in [1.29, 1.82) is 5.26 Å². The Bertz CT molecular complexity index is 557. The summed E-state index contributed by atoms with van der Waals surface area (Å²) in [6.45, 7) is 0. The Hall–Kier alpha value is -1.78. The van der Waals surface area contributed by atoms with Crippen LogP contribution in [0.4, 0.5) is 10.1 Å². The van der Waals surface area contributed by atoms with Gasteiger partial charge >= 0.3 is 5.97 Å². The molecule has 2 N–H and O–H groups in total. The van der Waals surface area contributed by atoms with Crippen molar-refractivity contribution in [2.75, 3.05) is 6.26 Å². The highest BCUT2D eigenvalue weighted by Crippen LogP contribution is 2.29. The third-order valence-electron chi connectivity index (χ3n) is 1.87. The van der Waals surface area contributed by atoms with Crippen LogP contribution in [0.3, 0.4) is 0 Å². The molecule has 8 heteroatoms. The zero-order valence-electron chi connectivity index (χ0n) is 9.07. The predicted octanol–water partition coefficient (Wildman–Crippen LogP) is 2.60. The predicted molar refractivity (Wildman–Crippen MR) is 67.7 cm³/mol. The lowest BCUT2D eigenvalue weighted by Gasteiger charge is -2.06. The Morgan fingerprint density at radius 2 is 2.33 bits per heavy atom. The van der Waals surface area contributed by atoms with Crippen LogP contribution in [0, 0.1) is 17.3 Å². The van der Waals surface area contributed by atoms with Gasteiger partial charge in [-0.05, 0) is 18.4 Å². The molecule has 0 aromatic heterocycles. The summed E-state index contributed by atoms with van der Waals surface area (Å²) in [7, 11) is 0. The highest BCUT2D eigenvalue weighted by molar-refractivity contribution is 8.13. The fraction of sp³-hybridized carbons (Fsp3) is 0.100. The van der Waals surface area contributed by atoms with E-state index in [1.807, 2.05) is 0 Å². The second-order valence-corrected chi connectivity index (χ2v) is 4.12. The first-order chi connectivity index (χ1) is 8.51. The largest absolute Gasteiger partial charge is 0.478 e. The molecule has 0 unspecified atom stereocenters. The van der Waals surface area contributed by atoms with Gasteiger partial charge in [0.1, 0.15) is 5.69 Å². The summed E-state index contributed by atoms with van der Waals surface area (Å²) in [4.78, 5) is 14.7. The van der Waals surface area contributed by atoms with Gasteiger partial charge in [0.05, 0.1) is 10.6 Å². The molecular weight excluding hydrogens is 281 g/mol. The lowest BCUT2D eigenvalue weighted by Crippen LogP contribution is -2.13. The van der Waals surface area contributed by atoms with Crippen LogP contribution in [0.15, 0.2) is 17.1 Å². The molecule has 0 aliphatic heterocycles. The smallest absolute Gasteiger partial charge is 0.338 e. The summed E-state index contributed by atoms with van der Waals surface area (Å²) in [5.74, 6) is -2.27. The fourth-order valence-electron chi connectivity index (χ4n) is 1.10. The first-order valence-corrected chi connectivity index (χ1v) is 6.10. The minimum absolute atomic E-state index is 0.0705. The first kappa shape index (κ1) is 14.3. The van der Waals surface area contributed by atoms with Gasteiger partial charge in [-0.15, -0.1) is 0 Å². The fourth-order valence-corrected chi connectivity index (χ4v) is 1.58. The van der Waals surface area contributed by atoms with Crippen molar-refractivity contribution < 1.29 is 14.3 Å². The van der Waals surface area contributed by atoms with Crippen LogP contribution in [0.1, 0.15) is 10.4 Å². The summed E-state index contributed by atoms with van der Waals surface area (Å²) in [6, 6.07) is 2.28. The molecular formula is C10H7ClFN3O2S. The van der Waals surface area contributed by atoms with E-state index >= 15 is 0 Å². The van der Waals surface area contributed by atoms with Gasteiger partial charge in [0.15, 0.2) is 17.2 Å². The van der Waals surface area contributed by atoms with Crippen LogP contribution in [0.2, 0.25) is 5.02 Å². The maximum Gasteiger partial charge on any atom is 0.338 e. The van der Waals surface area contributed by atoms with Crippen molar-refractivity contribution in [3.8, 4) is 6.19 Å². The second kappa shape index (κ2) is 6.23. The maximum atomic E-state index is 13.7. The number of nitrogens with zero attached hydrogens (tertiary/aromatic N) is 2. The average molecular weight is 288 g/mol. The van der Waals surface area contributed by atoms with E-state index < -0.39 is 17.5 Å². The number of aromatic carboxylic acids is 1. The molecule has 5 nitrogen and oxygen atoms in total. The molecule has 18 heavy (non-hydrogen) atoms. The van der Waals surface area contributed by atoms with Crippen LogP contribution in [-0.4, -0.2) is 22.5 Å². The lowest BCUT2D eigenvalue weighted by molar-refractivity contribution is 0.0697. The number of nitriles is 1. The molecule has 1 rings (SSSR count). The van der Waals surface area contributed by atoms with E-state index in [4.69, 9.17) is 22.0 Å². The Kier molecular flexibility index (Phi) is 4.95. The number of amidine groups is 1. The number of aliphatic imine (C=N–C) groups is 1. The third-order valence-corrected chi connectivity index (χ3v) is 2.74.